The molecule has 7 nitrogen and oxygen atoms in total. The number of amides is 2. The van der Waals surface area contributed by atoms with E-state index in [2.05, 4.69) is 14.9 Å². The van der Waals surface area contributed by atoms with Crippen LogP contribution in [-0.2, 0) is 22.7 Å². The Balaban J connectivity index is 1.49. The number of ether oxygens (including phenoxy) is 1. The first-order valence-corrected chi connectivity index (χ1v) is 9.73. The molecule has 28 heavy (non-hydrogen) atoms. The van der Waals surface area contributed by atoms with Crippen LogP contribution >= 0.6 is 0 Å². The molecule has 0 radical (unpaired) electrons. The molecule has 1 unspecified atom stereocenters. The number of hydrogen-bond acceptors (Lipinski definition) is 4. The van der Waals surface area contributed by atoms with Crippen LogP contribution in [-0.4, -0.2) is 46.5 Å². The van der Waals surface area contributed by atoms with Crippen molar-refractivity contribution >= 4 is 11.8 Å². The van der Waals surface area contributed by atoms with E-state index in [9.17, 15) is 9.59 Å². The van der Waals surface area contributed by atoms with Crippen molar-refractivity contribution < 1.29 is 14.3 Å². The lowest BCUT2D eigenvalue weighted by atomic mass is 9.96. The topological polar surface area (TPSA) is 76.5 Å². The monoisotopic (exact) mass is 384 g/mol. The number of hydrogen-bond donors (Lipinski definition) is 1. The third-order valence-corrected chi connectivity index (χ3v) is 5.22. The average molecular weight is 384 g/mol. The van der Waals surface area contributed by atoms with Gasteiger partial charge in [0.05, 0.1) is 13.0 Å². The Morgan fingerprint density at radius 3 is 2.93 bits per heavy atom. The van der Waals surface area contributed by atoms with Gasteiger partial charge in [-0.1, -0.05) is 18.2 Å². The number of nitrogens with zero attached hydrogens (tertiary/aromatic N) is 3. The van der Waals surface area contributed by atoms with Gasteiger partial charge in [-0.15, -0.1) is 0 Å². The Kier molecular flexibility index (Phi) is 6.68. The van der Waals surface area contributed by atoms with Gasteiger partial charge >= 0.3 is 0 Å². The van der Waals surface area contributed by atoms with E-state index in [0.717, 1.165) is 30.1 Å². The highest BCUT2D eigenvalue weighted by molar-refractivity contribution is 5.83. The molecule has 7 heteroatoms. The Bertz CT molecular complexity index is 817. The Morgan fingerprint density at radius 1 is 1.36 bits per heavy atom. The van der Waals surface area contributed by atoms with E-state index in [4.69, 9.17) is 4.74 Å². The van der Waals surface area contributed by atoms with E-state index in [1.807, 2.05) is 37.4 Å². The molecule has 1 saturated heterocycles. The molecule has 0 saturated carbocycles. The van der Waals surface area contributed by atoms with Crippen LogP contribution in [0.4, 0.5) is 0 Å². The quantitative estimate of drug-likeness (QED) is 0.708. The summed E-state index contributed by atoms with van der Waals surface area (Å²) in [5, 5.41) is 3.02. The molecule has 150 valence electrons. The van der Waals surface area contributed by atoms with Crippen LogP contribution in [0.2, 0.25) is 0 Å². The van der Waals surface area contributed by atoms with Gasteiger partial charge in [0.25, 0.3) is 0 Å². The number of para-hydroxylation sites is 1. The summed E-state index contributed by atoms with van der Waals surface area (Å²) in [6, 6.07) is 7.67. The number of nitrogens with one attached hydrogen (secondary N) is 1. The number of carbonyl (C=O) groups is 2. The van der Waals surface area contributed by atoms with Crippen LogP contribution in [0.1, 0.15) is 30.7 Å². The summed E-state index contributed by atoms with van der Waals surface area (Å²) in [5.41, 5.74) is 0.954. The second kappa shape index (κ2) is 9.39. The van der Waals surface area contributed by atoms with Gasteiger partial charge in [0.1, 0.15) is 11.6 Å². The lowest BCUT2D eigenvalue weighted by Gasteiger charge is -2.32. The number of aryl methyl sites for hydroxylation is 2. The smallest absolute Gasteiger partial charge is 0.224 e. The highest BCUT2D eigenvalue weighted by Crippen LogP contribution is 2.24. The maximum absolute atomic E-state index is 12.6. The zero-order chi connectivity index (χ0) is 19.9. The summed E-state index contributed by atoms with van der Waals surface area (Å²) < 4.78 is 7.45. The molecule has 2 heterocycles. The Morgan fingerprint density at radius 2 is 2.18 bits per heavy atom. The first-order valence-electron chi connectivity index (χ1n) is 9.73. The van der Waals surface area contributed by atoms with E-state index < -0.39 is 0 Å². The summed E-state index contributed by atoms with van der Waals surface area (Å²) >= 11 is 0. The predicted molar refractivity (Wildman–Crippen MR) is 106 cm³/mol. The number of rotatable bonds is 8. The molecule has 1 atom stereocenters. The van der Waals surface area contributed by atoms with Gasteiger partial charge < -0.3 is 19.5 Å². The van der Waals surface area contributed by atoms with Gasteiger partial charge in [0.2, 0.25) is 11.8 Å². The summed E-state index contributed by atoms with van der Waals surface area (Å²) in [5.74, 6) is 1.69. The predicted octanol–water partition coefficient (Wildman–Crippen LogP) is 2.15. The minimum absolute atomic E-state index is 0.0277. The van der Waals surface area contributed by atoms with Crippen molar-refractivity contribution in [1.82, 2.24) is 19.8 Å². The van der Waals surface area contributed by atoms with Crippen molar-refractivity contribution in [1.29, 1.82) is 0 Å². The van der Waals surface area contributed by atoms with Crippen molar-refractivity contribution in [2.45, 2.75) is 39.3 Å². The van der Waals surface area contributed by atoms with Crippen LogP contribution in [0.25, 0.3) is 0 Å². The molecule has 1 aliphatic heterocycles. The molecule has 1 aliphatic rings. The first kappa shape index (κ1) is 19.9. The summed E-state index contributed by atoms with van der Waals surface area (Å²) in [7, 11) is 1.62. The molecule has 0 spiro atoms. The molecule has 2 amide bonds. The fourth-order valence-electron chi connectivity index (χ4n) is 3.57. The minimum Gasteiger partial charge on any atom is -0.496 e. The van der Waals surface area contributed by atoms with Gasteiger partial charge in [0, 0.05) is 50.6 Å². The number of benzene rings is 1. The minimum atomic E-state index is -0.164. The van der Waals surface area contributed by atoms with Gasteiger partial charge in [-0.2, -0.15) is 0 Å². The van der Waals surface area contributed by atoms with Gasteiger partial charge in [0.15, 0.2) is 0 Å². The molecule has 1 aromatic heterocycles. The highest BCUT2D eigenvalue weighted by atomic mass is 16.5. The van der Waals surface area contributed by atoms with Crippen molar-refractivity contribution in [2.24, 2.45) is 5.92 Å². The maximum Gasteiger partial charge on any atom is 0.224 e. The van der Waals surface area contributed by atoms with Crippen molar-refractivity contribution in [3.05, 3.63) is 48.0 Å². The van der Waals surface area contributed by atoms with Crippen LogP contribution in [0.5, 0.6) is 5.75 Å². The van der Waals surface area contributed by atoms with Crippen molar-refractivity contribution in [2.75, 3.05) is 20.2 Å². The molecule has 3 rings (SSSR count). The SMILES string of the molecule is COc1ccccc1CN1CC(C(=O)NCCCn2ccnc2C)CCC1=O. The second-order valence-corrected chi connectivity index (χ2v) is 7.13. The van der Waals surface area contributed by atoms with Crippen LogP contribution in [0.15, 0.2) is 36.7 Å². The molecule has 0 bridgehead atoms. The van der Waals surface area contributed by atoms with Crippen LogP contribution in [0, 0.1) is 12.8 Å². The zero-order valence-electron chi connectivity index (χ0n) is 16.6. The number of piperidine rings is 1. The number of aromatic nitrogens is 2. The largest absolute Gasteiger partial charge is 0.496 e. The van der Waals surface area contributed by atoms with Crippen LogP contribution in [0.3, 0.4) is 0 Å². The number of likely N-dealkylation sites (tertiary alicyclic amines) is 1. The zero-order valence-corrected chi connectivity index (χ0v) is 16.6. The summed E-state index contributed by atoms with van der Waals surface area (Å²) in [6.45, 7) is 4.33. The Hall–Kier alpha value is -2.83. The van der Waals surface area contributed by atoms with Gasteiger partial charge in [-0.25, -0.2) is 4.98 Å². The summed E-state index contributed by atoms with van der Waals surface area (Å²) in [4.78, 5) is 30.9. The molecule has 2 aromatic rings. The molecule has 1 N–H and O–H groups in total. The summed E-state index contributed by atoms with van der Waals surface area (Å²) in [6.07, 6.45) is 5.58. The van der Waals surface area contributed by atoms with Gasteiger partial charge in [-0.3, -0.25) is 9.59 Å². The maximum atomic E-state index is 12.6. The second-order valence-electron chi connectivity index (χ2n) is 7.13. The average Bonchev–Trinajstić information content (AvgIpc) is 3.12. The molecule has 0 aliphatic carbocycles. The molecular weight excluding hydrogens is 356 g/mol. The van der Waals surface area contributed by atoms with Crippen molar-refractivity contribution in [3.8, 4) is 5.75 Å². The number of methoxy groups -OCH3 is 1. The molecule has 1 aromatic carbocycles. The van der Waals surface area contributed by atoms with E-state index in [1.54, 1.807) is 18.2 Å². The van der Waals surface area contributed by atoms with E-state index >= 15 is 0 Å². The molecular formula is C21H28N4O3. The van der Waals surface area contributed by atoms with E-state index in [1.165, 1.54) is 0 Å². The third-order valence-electron chi connectivity index (χ3n) is 5.22. The highest BCUT2D eigenvalue weighted by Gasteiger charge is 2.30. The fourth-order valence-corrected chi connectivity index (χ4v) is 3.57. The Labute approximate surface area is 165 Å². The normalized spacial score (nSPS) is 16.9. The lowest BCUT2D eigenvalue weighted by molar-refractivity contribution is -0.138. The lowest BCUT2D eigenvalue weighted by Crippen LogP contribution is -2.45. The first-order chi connectivity index (χ1) is 13.6. The molecule has 1 fully saturated rings. The third kappa shape index (κ3) is 4.91. The van der Waals surface area contributed by atoms with Crippen molar-refractivity contribution in [3.63, 3.8) is 0 Å². The number of carbonyl (C=O) groups excluding carboxylic acids is 2. The van der Waals surface area contributed by atoms with Gasteiger partial charge in [-0.05, 0) is 25.8 Å². The van der Waals surface area contributed by atoms with Crippen LogP contribution < -0.4 is 10.1 Å². The fraction of sp³-hybridized carbons (Fsp3) is 0.476. The van der Waals surface area contributed by atoms with E-state index in [-0.39, 0.29) is 17.7 Å². The van der Waals surface area contributed by atoms with E-state index in [0.29, 0.717) is 32.5 Å². The number of imidazole rings is 1. The standard InChI is InChI=1S/C21H28N4O3/c1-16-22-11-13-24(16)12-5-10-23-21(27)18-8-9-20(26)25(15-18)14-17-6-3-4-7-19(17)28-2/h3-4,6-7,11,13,18H,5,8-10,12,14-15H2,1-2H3,(H,23,27).